The first-order valence-electron chi connectivity index (χ1n) is 6.30. The first-order valence-corrected chi connectivity index (χ1v) is 6.30. The van der Waals surface area contributed by atoms with Crippen LogP contribution in [0, 0.1) is 0 Å². The van der Waals surface area contributed by atoms with E-state index >= 15 is 0 Å². The zero-order valence-corrected chi connectivity index (χ0v) is 11.7. The number of imidazole rings is 1. The van der Waals surface area contributed by atoms with Gasteiger partial charge in [0.25, 0.3) is 0 Å². The first-order chi connectivity index (χ1) is 9.21. The van der Waals surface area contributed by atoms with Crippen molar-refractivity contribution in [3.63, 3.8) is 0 Å². The van der Waals surface area contributed by atoms with Crippen molar-refractivity contribution in [2.75, 3.05) is 20.3 Å². The number of nitrogens with zero attached hydrogens (tertiary/aromatic N) is 3. The van der Waals surface area contributed by atoms with Crippen molar-refractivity contribution in [1.82, 2.24) is 14.5 Å². The van der Waals surface area contributed by atoms with E-state index in [0.717, 1.165) is 11.2 Å². The number of methoxy groups -OCH3 is 1. The van der Waals surface area contributed by atoms with Gasteiger partial charge in [0.1, 0.15) is 11.3 Å². The number of hydrogen-bond acceptors (Lipinski definition) is 5. The summed E-state index contributed by atoms with van der Waals surface area (Å²) in [4.78, 5) is 8.87. The Bertz CT molecular complexity index is 547. The molecule has 19 heavy (non-hydrogen) atoms. The van der Waals surface area contributed by atoms with Gasteiger partial charge >= 0.3 is 0 Å². The van der Waals surface area contributed by atoms with Gasteiger partial charge in [0, 0.05) is 26.3 Å². The topological polar surface area (TPSA) is 58.4 Å². The van der Waals surface area contributed by atoms with Crippen LogP contribution < -0.4 is 4.74 Å². The molecule has 0 aliphatic heterocycles. The van der Waals surface area contributed by atoms with Crippen LogP contribution in [0.15, 0.2) is 12.3 Å². The van der Waals surface area contributed by atoms with Crippen molar-refractivity contribution in [3.8, 4) is 5.75 Å². The maximum atomic E-state index is 5.57. The Morgan fingerprint density at radius 3 is 2.53 bits per heavy atom. The van der Waals surface area contributed by atoms with Crippen molar-refractivity contribution in [2.45, 2.75) is 20.1 Å². The number of hydrogen-bond donors (Lipinski definition) is 0. The van der Waals surface area contributed by atoms with Gasteiger partial charge in [-0.05, 0) is 13.8 Å². The van der Waals surface area contributed by atoms with E-state index in [-0.39, 0.29) is 0 Å². The van der Waals surface area contributed by atoms with Crippen LogP contribution in [0.3, 0.4) is 0 Å². The van der Waals surface area contributed by atoms with E-state index in [4.69, 9.17) is 14.2 Å². The number of ether oxygens (including phenoxy) is 3. The van der Waals surface area contributed by atoms with Crippen LogP contribution in [0.25, 0.3) is 11.2 Å². The van der Waals surface area contributed by atoms with E-state index in [2.05, 4.69) is 9.97 Å². The molecule has 0 fully saturated rings. The van der Waals surface area contributed by atoms with E-state index < -0.39 is 6.29 Å². The average Bonchev–Trinajstić information content (AvgIpc) is 2.75. The number of rotatable bonds is 6. The van der Waals surface area contributed by atoms with Crippen LogP contribution >= 0.6 is 0 Å². The Morgan fingerprint density at radius 1 is 1.26 bits per heavy atom. The summed E-state index contributed by atoms with van der Waals surface area (Å²) in [5.74, 6) is 1.39. The van der Waals surface area contributed by atoms with Crippen molar-refractivity contribution in [3.05, 3.63) is 18.1 Å². The zero-order chi connectivity index (χ0) is 13.8. The molecule has 0 aliphatic rings. The zero-order valence-electron chi connectivity index (χ0n) is 11.7. The molecule has 6 heteroatoms. The lowest BCUT2D eigenvalue weighted by Gasteiger charge is -2.16. The smallest absolute Gasteiger partial charge is 0.217 e. The summed E-state index contributed by atoms with van der Waals surface area (Å²) in [5, 5.41) is 0. The largest absolute Gasteiger partial charge is 0.495 e. The molecule has 0 saturated heterocycles. The summed E-state index contributed by atoms with van der Waals surface area (Å²) in [6, 6.07) is 1.85. The molecule has 0 amide bonds. The number of aromatic nitrogens is 3. The van der Waals surface area contributed by atoms with Gasteiger partial charge in [0.05, 0.1) is 13.3 Å². The fourth-order valence-corrected chi connectivity index (χ4v) is 1.90. The van der Waals surface area contributed by atoms with Gasteiger partial charge in [0.2, 0.25) is 6.29 Å². The second kappa shape index (κ2) is 5.99. The SMILES string of the molecule is CCOC(OCC)c1nc2cc(OC)cnc2n1C. The van der Waals surface area contributed by atoms with Crippen LogP contribution in [0.5, 0.6) is 5.75 Å². The first kappa shape index (κ1) is 13.8. The molecular formula is C13H19N3O3. The van der Waals surface area contributed by atoms with Gasteiger partial charge in [-0.15, -0.1) is 0 Å². The van der Waals surface area contributed by atoms with Crippen molar-refractivity contribution < 1.29 is 14.2 Å². The minimum atomic E-state index is -0.472. The quantitative estimate of drug-likeness (QED) is 0.748. The third kappa shape index (κ3) is 2.69. The highest BCUT2D eigenvalue weighted by Gasteiger charge is 2.20. The molecule has 0 atom stereocenters. The van der Waals surface area contributed by atoms with Gasteiger partial charge in [-0.3, -0.25) is 0 Å². The predicted molar refractivity (Wildman–Crippen MR) is 71.1 cm³/mol. The lowest BCUT2D eigenvalue weighted by molar-refractivity contribution is -0.146. The third-order valence-corrected chi connectivity index (χ3v) is 2.80. The second-order valence-electron chi connectivity index (χ2n) is 3.99. The fraction of sp³-hybridized carbons (Fsp3) is 0.538. The molecule has 2 aromatic heterocycles. The molecular weight excluding hydrogens is 246 g/mol. The minimum Gasteiger partial charge on any atom is -0.495 e. The Kier molecular flexibility index (Phi) is 4.34. The highest BCUT2D eigenvalue weighted by atomic mass is 16.7. The van der Waals surface area contributed by atoms with Crippen LogP contribution in [0.1, 0.15) is 26.0 Å². The molecule has 0 aromatic carbocycles. The van der Waals surface area contributed by atoms with E-state index in [1.54, 1.807) is 13.3 Å². The van der Waals surface area contributed by atoms with E-state index in [0.29, 0.717) is 24.8 Å². The van der Waals surface area contributed by atoms with Crippen LogP contribution in [0.2, 0.25) is 0 Å². The highest BCUT2D eigenvalue weighted by molar-refractivity contribution is 5.73. The van der Waals surface area contributed by atoms with Crippen LogP contribution in [0.4, 0.5) is 0 Å². The Morgan fingerprint density at radius 2 is 1.95 bits per heavy atom. The van der Waals surface area contributed by atoms with Crippen molar-refractivity contribution in [2.24, 2.45) is 7.05 Å². The summed E-state index contributed by atoms with van der Waals surface area (Å²) in [5.41, 5.74) is 1.54. The van der Waals surface area contributed by atoms with Gasteiger partial charge in [0.15, 0.2) is 11.5 Å². The Hall–Kier alpha value is -1.66. The summed E-state index contributed by atoms with van der Waals surface area (Å²) >= 11 is 0. The lowest BCUT2D eigenvalue weighted by Crippen LogP contribution is -2.13. The highest BCUT2D eigenvalue weighted by Crippen LogP contribution is 2.24. The van der Waals surface area contributed by atoms with E-state index in [1.807, 2.05) is 31.5 Å². The molecule has 0 saturated carbocycles. The van der Waals surface area contributed by atoms with E-state index in [1.165, 1.54) is 0 Å². The maximum Gasteiger partial charge on any atom is 0.217 e. The molecule has 0 unspecified atom stereocenters. The summed E-state index contributed by atoms with van der Waals surface area (Å²) in [6.45, 7) is 4.97. The van der Waals surface area contributed by atoms with Crippen molar-refractivity contribution in [1.29, 1.82) is 0 Å². The maximum absolute atomic E-state index is 5.57. The molecule has 2 heterocycles. The van der Waals surface area contributed by atoms with Gasteiger partial charge in [-0.25, -0.2) is 9.97 Å². The molecule has 6 nitrogen and oxygen atoms in total. The van der Waals surface area contributed by atoms with E-state index in [9.17, 15) is 0 Å². The summed E-state index contributed by atoms with van der Waals surface area (Å²) < 4.78 is 18.2. The lowest BCUT2D eigenvalue weighted by atomic mass is 10.4. The average molecular weight is 265 g/mol. The molecule has 0 bridgehead atoms. The number of fused-ring (bicyclic) bond motifs is 1. The van der Waals surface area contributed by atoms with Crippen molar-refractivity contribution >= 4 is 11.2 Å². The summed E-state index contributed by atoms with van der Waals surface area (Å²) in [7, 11) is 3.51. The van der Waals surface area contributed by atoms with Gasteiger partial charge in [-0.2, -0.15) is 0 Å². The molecule has 0 radical (unpaired) electrons. The third-order valence-electron chi connectivity index (χ3n) is 2.80. The fourth-order valence-electron chi connectivity index (χ4n) is 1.90. The Labute approximate surface area is 112 Å². The summed E-state index contributed by atoms with van der Waals surface area (Å²) in [6.07, 6.45) is 1.20. The minimum absolute atomic E-state index is 0.472. The number of aryl methyl sites for hydroxylation is 1. The Balaban J connectivity index is 2.44. The van der Waals surface area contributed by atoms with Gasteiger partial charge < -0.3 is 18.8 Å². The molecule has 0 N–H and O–H groups in total. The normalized spacial score (nSPS) is 11.4. The second-order valence-corrected chi connectivity index (χ2v) is 3.99. The molecule has 104 valence electrons. The molecule has 2 rings (SSSR count). The monoisotopic (exact) mass is 265 g/mol. The van der Waals surface area contributed by atoms with Crippen LogP contribution in [-0.4, -0.2) is 34.9 Å². The standard InChI is InChI=1S/C13H19N3O3/c1-5-18-13(19-6-2)12-15-10-7-9(17-4)8-14-11(10)16(12)3/h7-8,13H,5-6H2,1-4H3. The molecule has 0 spiro atoms. The molecule has 2 aromatic rings. The molecule has 0 aliphatic carbocycles. The predicted octanol–water partition coefficient (Wildman–Crippen LogP) is 2.05. The number of pyridine rings is 1. The van der Waals surface area contributed by atoms with Crippen LogP contribution in [-0.2, 0) is 16.5 Å². The van der Waals surface area contributed by atoms with Gasteiger partial charge in [-0.1, -0.05) is 0 Å².